The molecule has 82 valence electrons. The summed E-state index contributed by atoms with van der Waals surface area (Å²) in [5.41, 5.74) is 4.57. The lowest BCUT2D eigenvalue weighted by Gasteiger charge is -2.12. The van der Waals surface area contributed by atoms with Gasteiger partial charge in [0.2, 0.25) is 0 Å². The summed E-state index contributed by atoms with van der Waals surface area (Å²) in [5, 5.41) is 2.31. The molecule has 2 aromatic rings. The van der Waals surface area contributed by atoms with Gasteiger partial charge >= 0.3 is 0 Å². The first-order chi connectivity index (χ1) is 7.52. The molecule has 0 aromatic heterocycles. The maximum Gasteiger partial charge on any atom is 0.160 e. The van der Waals surface area contributed by atoms with Crippen molar-refractivity contribution >= 4 is 16.6 Å². The summed E-state index contributed by atoms with van der Waals surface area (Å²) in [6.45, 7) is 7.92. The molecule has 0 amide bonds. The molecule has 0 fully saturated rings. The van der Waals surface area contributed by atoms with E-state index in [4.69, 9.17) is 0 Å². The van der Waals surface area contributed by atoms with Crippen LogP contribution in [0.2, 0.25) is 0 Å². The number of fused-ring (bicyclic) bond motifs is 1. The van der Waals surface area contributed by atoms with E-state index in [1.54, 1.807) is 6.92 Å². The summed E-state index contributed by atoms with van der Waals surface area (Å²) in [4.78, 5) is 11.6. The molecule has 0 spiro atoms. The Bertz CT molecular complexity index is 579. The molecule has 2 rings (SSSR count). The number of rotatable bonds is 1. The Labute approximate surface area is 96.1 Å². The second kappa shape index (κ2) is 3.75. The molecule has 0 saturated carbocycles. The van der Waals surface area contributed by atoms with Crippen molar-refractivity contribution in [3.05, 3.63) is 46.5 Å². The first-order valence-electron chi connectivity index (χ1n) is 5.53. The number of hydrogen-bond acceptors (Lipinski definition) is 1. The van der Waals surface area contributed by atoms with Gasteiger partial charge in [-0.25, -0.2) is 0 Å². The summed E-state index contributed by atoms with van der Waals surface area (Å²) in [6, 6.07) is 8.12. The van der Waals surface area contributed by atoms with E-state index in [9.17, 15) is 4.79 Å². The molecule has 0 aliphatic rings. The fraction of sp³-hybridized carbons (Fsp3) is 0.267. The Morgan fingerprint density at radius 2 is 1.75 bits per heavy atom. The van der Waals surface area contributed by atoms with Crippen molar-refractivity contribution in [1.29, 1.82) is 0 Å². The van der Waals surface area contributed by atoms with Crippen LogP contribution in [0.3, 0.4) is 0 Å². The van der Waals surface area contributed by atoms with Gasteiger partial charge < -0.3 is 0 Å². The van der Waals surface area contributed by atoms with Crippen LogP contribution in [0.1, 0.15) is 34.0 Å². The third-order valence-electron chi connectivity index (χ3n) is 3.27. The van der Waals surface area contributed by atoms with Crippen molar-refractivity contribution in [2.24, 2.45) is 0 Å². The molecule has 1 nitrogen and oxygen atoms in total. The van der Waals surface area contributed by atoms with E-state index in [0.717, 1.165) is 10.9 Å². The van der Waals surface area contributed by atoms with Crippen LogP contribution in [0.4, 0.5) is 0 Å². The van der Waals surface area contributed by atoms with Crippen LogP contribution in [-0.4, -0.2) is 5.78 Å². The van der Waals surface area contributed by atoms with Gasteiger partial charge in [-0.15, -0.1) is 0 Å². The maximum absolute atomic E-state index is 11.6. The van der Waals surface area contributed by atoms with Crippen LogP contribution in [0.25, 0.3) is 10.8 Å². The predicted molar refractivity (Wildman–Crippen MR) is 68.2 cm³/mol. The molecule has 0 unspecified atom stereocenters. The number of carbonyl (C=O) groups excluding carboxylic acids is 1. The van der Waals surface area contributed by atoms with Gasteiger partial charge in [0.1, 0.15) is 0 Å². The van der Waals surface area contributed by atoms with Crippen LogP contribution in [0.5, 0.6) is 0 Å². The Kier molecular flexibility index (Phi) is 2.55. The normalized spacial score (nSPS) is 10.8. The molecule has 1 heteroatoms. The highest BCUT2D eigenvalue weighted by molar-refractivity contribution is 6.09. The molecule has 0 atom stereocenters. The lowest BCUT2D eigenvalue weighted by molar-refractivity contribution is 0.101. The monoisotopic (exact) mass is 212 g/mol. The molecule has 0 bridgehead atoms. The first-order valence-corrected chi connectivity index (χ1v) is 5.53. The molecule has 0 aliphatic carbocycles. The zero-order chi connectivity index (χ0) is 11.9. The van der Waals surface area contributed by atoms with Gasteiger partial charge in [0.25, 0.3) is 0 Å². The second-order valence-electron chi connectivity index (χ2n) is 4.42. The highest BCUT2D eigenvalue weighted by atomic mass is 16.1. The standard InChI is InChI=1S/C15H16O/c1-9-8-10(2)15-13(11(9)3)6-5-7-14(15)12(4)16/h5-8H,1-4H3. The highest BCUT2D eigenvalue weighted by Crippen LogP contribution is 2.28. The number of ketones is 1. The van der Waals surface area contributed by atoms with E-state index in [1.807, 2.05) is 12.1 Å². The zero-order valence-corrected chi connectivity index (χ0v) is 10.2. The van der Waals surface area contributed by atoms with Crippen LogP contribution in [0, 0.1) is 20.8 Å². The van der Waals surface area contributed by atoms with E-state index in [1.165, 1.54) is 22.1 Å². The van der Waals surface area contributed by atoms with Crippen LogP contribution < -0.4 is 0 Å². The first kappa shape index (κ1) is 10.9. The SMILES string of the molecule is CC(=O)c1cccc2c(C)c(C)cc(C)c12. The smallest absolute Gasteiger partial charge is 0.160 e. The fourth-order valence-electron chi connectivity index (χ4n) is 2.30. The number of carbonyl (C=O) groups is 1. The van der Waals surface area contributed by atoms with Gasteiger partial charge in [-0.1, -0.05) is 24.3 Å². The largest absolute Gasteiger partial charge is 0.294 e. The van der Waals surface area contributed by atoms with Gasteiger partial charge in [0, 0.05) is 5.56 Å². The van der Waals surface area contributed by atoms with Crippen molar-refractivity contribution in [2.45, 2.75) is 27.7 Å². The molecule has 0 N–H and O–H groups in total. The zero-order valence-electron chi connectivity index (χ0n) is 10.2. The minimum absolute atomic E-state index is 0.136. The van der Waals surface area contributed by atoms with Crippen LogP contribution in [-0.2, 0) is 0 Å². The number of benzene rings is 2. The van der Waals surface area contributed by atoms with Crippen molar-refractivity contribution in [1.82, 2.24) is 0 Å². The molecule has 2 aromatic carbocycles. The molecule has 0 heterocycles. The second-order valence-corrected chi connectivity index (χ2v) is 4.42. The van der Waals surface area contributed by atoms with Gasteiger partial charge in [-0.05, 0) is 55.2 Å². The predicted octanol–water partition coefficient (Wildman–Crippen LogP) is 3.97. The number of aryl methyl sites for hydroxylation is 3. The summed E-state index contributed by atoms with van der Waals surface area (Å²) >= 11 is 0. The van der Waals surface area contributed by atoms with E-state index in [2.05, 4.69) is 32.9 Å². The lowest BCUT2D eigenvalue weighted by Crippen LogP contribution is -1.97. The van der Waals surface area contributed by atoms with Crippen molar-refractivity contribution in [3.8, 4) is 0 Å². The van der Waals surface area contributed by atoms with Gasteiger partial charge in [-0.3, -0.25) is 4.79 Å². The Morgan fingerprint density at radius 1 is 1.06 bits per heavy atom. The topological polar surface area (TPSA) is 17.1 Å². The van der Waals surface area contributed by atoms with Crippen molar-refractivity contribution in [3.63, 3.8) is 0 Å². The average Bonchev–Trinajstić information content (AvgIpc) is 2.25. The van der Waals surface area contributed by atoms with Gasteiger partial charge in [-0.2, -0.15) is 0 Å². The number of Topliss-reactive ketones (excluding diaryl/α,β-unsaturated/α-hetero) is 1. The minimum Gasteiger partial charge on any atom is -0.294 e. The molecular weight excluding hydrogens is 196 g/mol. The Balaban J connectivity index is 2.99. The fourth-order valence-corrected chi connectivity index (χ4v) is 2.30. The van der Waals surface area contributed by atoms with Crippen molar-refractivity contribution in [2.75, 3.05) is 0 Å². The minimum atomic E-state index is 0.136. The molecule has 16 heavy (non-hydrogen) atoms. The maximum atomic E-state index is 11.6. The van der Waals surface area contributed by atoms with Crippen molar-refractivity contribution < 1.29 is 4.79 Å². The lowest BCUT2D eigenvalue weighted by atomic mass is 9.92. The van der Waals surface area contributed by atoms with E-state index in [0.29, 0.717) is 0 Å². The Hall–Kier alpha value is -1.63. The van der Waals surface area contributed by atoms with E-state index in [-0.39, 0.29) is 5.78 Å². The highest BCUT2D eigenvalue weighted by Gasteiger charge is 2.10. The third-order valence-corrected chi connectivity index (χ3v) is 3.27. The summed E-state index contributed by atoms with van der Waals surface area (Å²) < 4.78 is 0. The van der Waals surface area contributed by atoms with Crippen LogP contribution in [0.15, 0.2) is 24.3 Å². The third kappa shape index (κ3) is 1.53. The van der Waals surface area contributed by atoms with Gasteiger partial charge in [0.05, 0.1) is 0 Å². The van der Waals surface area contributed by atoms with Crippen LogP contribution >= 0.6 is 0 Å². The molecule has 0 aliphatic heterocycles. The van der Waals surface area contributed by atoms with Gasteiger partial charge in [0.15, 0.2) is 5.78 Å². The molecule has 0 saturated heterocycles. The summed E-state index contributed by atoms with van der Waals surface area (Å²) in [6.07, 6.45) is 0. The van der Waals surface area contributed by atoms with E-state index < -0.39 is 0 Å². The number of hydrogen-bond donors (Lipinski definition) is 0. The summed E-state index contributed by atoms with van der Waals surface area (Å²) in [5.74, 6) is 0.136. The quantitative estimate of drug-likeness (QED) is 0.654. The average molecular weight is 212 g/mol. The Morgan fingerprint density at radius 3 is 2.38 bits per heavy atom. The van der Waals surface area contributed by atoms with E-state index >= 15 is 0 Å². The molecule has 0 radical (unpaired) electrons. The summed E-state index contributed by atoms with van der Waals surface area (Å²) in [7, 11) is 0. The molecular formula is C15H16O.